The van der Waals surface area contributed by atoms with Crippen LogP contribution in [-0.4, -0.2) is 21.0 Å². The van der Waals surface area contributed by atoms with Gasteiger partial charge >= 0.3 is 0 Å². The molecule has 1 N–H and O–H groups in total. The fourth-order valence-electron chi connectivity index (χ4n) is 2.36. The van der Waals surface area contributed by atoms with E-state index in [9.17, 15) is 5.11 Å². The second-order valence-corrected chi connectivity index (χ2v) is 4.68. The van der Waals surface area contributed by atoms with Crippen molar-refractivity contribution < 1.29 is 5.11 Å². The van der Waals surface area contributed by atoms with Crippen LogP contribution in [0, 0.1) is 0 Å². The average Bonchev–Trinajstić information content (AvgIpc) is 2.77. The number of aliphatic hydroxyl groups excluding tert-OH is 1. The maximum atomic E-state index is 10.4. The first-order chi connectivity index (χ1) is 8.70. The highest BCUT2D eigenvalue weighted by molar-refractivity contribution is 5.21. The molecular formula is C15H20N2O. The van der Waals surface area contributed by atoms with Gasteiger partial charge < -0.3 is 5.11 Å². The Labute approximate surface area is 108 Å². The molecule has 2 unspecified atom stereocenters. The summed E-state index contributed by atoms with van der Waals surface area (Å²) in [5.74, 6) is 0.174. The van der Waals surface area contributed by atoms with Crippen molar-refractivity contribution >= 4 is 0 Å². The van der Waals surface area contributed by atoms with Crippen molar-refractivity contribution in [3.05, 3.63) is 53.9 Å². The minimum Gasteiger partial charge on any atom is -0.392 e. The second-order valence-electron chi connectivity index (χ2n) is 4.68. The Morgan fingerprint density at radius 1 is 1.22 bits per heavy atom. The van der Waals surface area contributed by atoms with Crippen LogP contribution in [0.3, 0.4) is 0 Å². The van der Waals surface area contributed by atoms with Gasteiger partial charge in [0, 0.05) is 25.6 Å². The summed E-state index contributed by atoms with van der Waals surface area (Å²) in [7, 11) is 1.89. The topological polar surface area (TPSA) is 38.0 Å². The number of benzene rings is 1. The molecule has 2 atom stereocenters. The van der Waals surface area contributed by atoms with Crippen molar-refractivity contribution in [2.45, 2.75) is 31.8 Å². The number of hydrogen-bond acceptors (Lipinski definition) is 2. The molecule has 2 aromatic rings. The van der Waals surface area contributed by atoms with E-state index in [-0.39, 0.29) is 12.0 Å². The number of hydrogen-bond donors (Lipinski definition) is 1. The highest BCUT2D eigenvalue weighted by atomic mass is 16.3. The van der Waals surface area contributed by atoms with Crippen LogP contribution >= 0.6 is 0 Å². The maximum absolute atomic E-state index is 10.4. The van der Waals surface area contributed by atoms with Crippen molar-refractivity contribution in [3.63, 3.8) is 0 Å². The predicted molar refractivity (Wildman–Crippen MR) is 72.4 cm³/mol. The molecule has 1 aromatic carbocycles. The Bertz CT molecular complexity index is 478. The molecule has 1 aromatic heterocycles. The standard InChI is InChI=1S/C15H20N2O/c1-3-14(12-7-5-4-6-8-12)15(18)11-13-9-10-17(2)16-13/h4-10,14-15,18H,3,11H2,1-2H3. The average molecular weight is 244 g/mol. The molecule has 1 heterocycles. The van der Waals surface area contributed by atoms with Crippen molar-refractivity contribution in [2.75, 3.05) is 0 Å². The van der Waals surface area contributed by atoms with Crippen molar-refractivity contribution in [1.29, 1.82) is 0 Å². The van der Waals surface area contributed by atoms with E-state index in [1.54, 1.807) is 4.68 Å². The molecule has 3 nitrogen and oxygen atoms in total. The van der Waals surface area contributed by atoms with Gasteiger partial charge in [0.15, 0.2) is 0 Å². The summed E-state index contributed by atoms with van der Waals surface area (Å²) in [5, 5.41) is 14.7. The lowest BCUT2D eigenvalue weighted by Crippen LogP contribution is -2.21. The fraction of sp³-hybridized carbons (Fsp3) is 0.400. The lowest BCUT2D eigenvalue weighted by atomic mass is 9.89. The van der Waals surface area contributed by atoms with Gasteiger partial charge in [-0.2, -0.15) is 5.10 Å². The van der Waals surface area contributed by atoms with Gasteiger partial charge in [-0.25, -0.2) is 0 Å². The molecule has 0 bridgehead atoms. The Hall–Kier alpha value is -1.61. The number of aromatic nitrogens is 2. The quantitative estimate of drug-likeness (QED) is 0.877. The molecule has 3 heteroatoms. The van der Waals surface area contributed by atoms with Crippen LogP contribution in [0.2, 0.25) is 0 Å². The number of nitrogens with zero attached hydrogens (tertiary/aromatic N) is 2. The molecule has 96 valence electrons. The van der Waals surface area contributed by atoms with Crippen LogP contribution in [0.4, 0.5) is 0 Å². The smallest absolute Gasteiger partial charge is 0.0664 e. The van der Waals surface area contributed by atoms with E-state index in [0.29, 0.717) is 6.42 Å². The monoisotopic (exact) mass is 244 g/mol. The molecule has 0 spiro atoms. The van der Waals surface area contributed by atoms with E-state index in [0.717, 1.165) is 12.1 Å². The maximum Gasteiger partial charge on any atom is 0.0664 e. The van der Waals surface area contributed by atoms with Crippen molar-refractivity contribution in [1.82, 2.24) is 9.78 Å². The van der Waals surface area contributed by atoms with Crippen LogP contribution in [0.15, 0.2) is 42.6 Å². The molecular weight excluding hydrogens is 224 g/mol. The second kappa shape index (κ2) is 5.83. The fourth-order valence-corrected chi connectivity index (χ4v) is 2.36. The summed E-state index contributed by atoms with van der Waals surface area (Å²) in [6, 6.07) is 12.2. The third-order valence-electron chi connectivity index (χ3n) is 3.32. The zero-order chi connectivity index (χ0) is 13.0. The Morgan fingerprint density at radius 3 is 2.50 bits per heavy atom. The Morgan fingerprint density at radius 2 is 1.94 bits per heavy atom. The molecule has 0 saturated carbocycles. The lowest BCUT2D eigenvalue weighted by Gasteiger charge is -2.21. The van der Waals surface area contributed by atoms with E-state index in [4.69, 9.17) is 0 Å². The molecule has 18 heavy (non-hydrogen) atoms. The van der Waals surface area contributed by atoms with E-state index in [2.05, 4.69) is 24.2 Å². The van der Waals surface area contributed by atoms with Crippen LogP contribution in [0.25, 0.3) is 0 Å². The van der Waals surface area contributed by atoms with Gasteiger partial charge in [0.05, 0.1) is 11.8 Å². The molecule has 0 amide bonds. The zero-order valence-electron chi connectivity index (χ0n) is 11.0. The van der Waals surface area contributed by atoms with Crippen molar-refractivity contribution in [3.8, 4) is 0 Å². The Kier molecular flexibility index (Phi) is 4.15. The summed E-state index contributed by atoms with van der Waals surface area (Å²) < 4.78 is 1.77. The van der Waals surface area contributed by atoms with Crippen LogP contribution < -0.4 is 0 Å². The predicted octanol–water partition coefficient (Wildman–Crippen LogP) is 2.52. The lowest BCUT2D eigenvalue weighted by molar-refractivity contribution is 0.139. The molecule has 0 radical (unpaired) electrons. The summed E-state index contributed by atoms with van der Waals surface area (Å²) in [6.45, 7) is 2.11. The molecule has 0 aliphatic heterocycles. The van der Waals surface area contributed by atoms with E-state index in [1.165, 1.54) is 5.56 Å². The third kappa shape index (κ3) is 2.99. The third-order valence-corrected chi connectivity index (χ3v) is 3.32. The van der Waals surface area contributed by atoms with Crippen LogP contribution in [-0.2, 0) is 13.5 Å². The molecule has 0 aliphatic carbocycles. The molecule has 0 saturated heterocycles. The minimum atomic E-state index is -0.382. The van der Waals surface area contributed by atoms with Gasteiger partial charge in [-0.3, -0.25) is 4.68 Å². The first-order valence-electron chi connectivity index (χ1n) is 6.42. The Balaban J connectivity index is 2.08. The summed E-state index contributed by atoms with van der Waals surface area (Å²) in [5.41, 5.74) is 2.14. The van der Waals surface area contributed by atoms with E-state index < -0.39 is 0 Å². The molecule has 2 rings (SSSR count). The van der Waals surface area contributed by atoms with E-state index >= 15 is 0 Å². The van der Waals surface area contributed by atoms with Gasteiger partial charge in [-0.1, -0.05) is 37.3 Å². The molecule has 0 fully saturated rings. The first-order valence-corrected chi connectivity index (χ1v) is 6.42. The summed E-state index contributed by atoms with van der Waals surface area (Å²) in [4.78, 5) is 0. The van der Waals surface area contributed by atoms with Gasteiger partial charge in [0.2, 0.25) is 0 Å². The van der Waals surface area contributed by atoms with Gasteiger partial charge in [-0.15, -0.1) is 0 Å². The van der Waals surface area contributed by atoms with Crippen molar-refractivity contribution in [2.24, 2.45) is 7.05 Å². The molecule has 0 aliphatic rings. The van der Waals surface area contributed by atoms with Crippen LogP contribution in [0.5, 0.6) is 0 Å². The normalized spacial score (nSPS) is 14.4. The summed E-state index contributed by atoms with van der Waals surface area (Å²) >= 11 is 0. The zero-order valence-corrected chi connectivity index (χ0v) is 11.0. The van der Waals surface area contributed by atoms with Gasteiger partial charge in [0.1, 0.15) is 0 Å². The van der Waals surface area contributed by atoms with E-state index in [1.807, 2.05) is 37.5 Å². The highest BCUT2D eigenvalue weighted by Gasteiger charge is 2.20. The number of aliphatic hydroxyl groups is 1. The highest BCUT2D eigenvalue weighted by Crippen LogP contribution is 2.25. The van der Waals surface area contributed by atoms with Gasteiger partial charge in [-0.05, 0) is 18.1 Å². The minimum absolute atomic E-state index is 0.174. The summed E-state index contributed by atoms with van der Waals surface area (Å²) in [6.07, 6.45) is 3.06. The number of aryl methyl sites for hydroxylation is 1. The SMILES string of the molecule is CCC(c1ccccc1)C(O)Cc1ccn(C)n1. The van der Waals surface area contributed by atoms with Gasteiger partial charge in [0.25, 0.3) is 0 Å². The first kappa shape index (κ1) is 12.8. The largest absolute Gasteiger partial charge is 0.392 e. The van der Waals surface area contributed by atoms with Crippen LogP contribution in [0.1, 0.15) is 30.5 Å². The number of rotatable bonds is 5.